The molecule has 33 heavy (non-hydrogen) atoms. The predicted molar refractivity (Wildman–Crippen MR) is 155 cm³/mol. The van der Waals surface area contributed by atoms with Gasteiger partial charge in [0.1, 0.15) is 0 Å². The van der Waals surface area contributed by atoms with Gasteiger partial charge in [-0.25, -0.2) is 0 Å². The van der Waals surface area contributed by atoms with E-state index in [1.165, 1.54) is 82.0 Å². The smallest absolute Gasteiger partial charge is 0.0184 e. The Labute approximate surface area is 207 Å². The van der Waals surface area contributed by atoms with Gasteiger partial charge in [0, 0.05) is 0 Å². The summed E-state index contributed by atoms with van der Waals surface area (Å²) < 4.78 is 0. The first-order valence-corrected chi connectivity index (χ1v) is 13.3. The molecule has 2 aromatic carbocycles. The summed E-state index contributed by atoms with van der Waals surface area (Å²) in [5, 5.41) is 2.62. The van der Waals surface area contributed by atoms with Crippen molar-refractivity contribution in [1.29, 1.82) is 0 Å². The highest BCUT2D eigenvalue weighted by Crippen LogP contribution is 2.37. The summed E-state index contributed by atoms with van der Waals surface area (Å²) in [5.74, 6) is 3.02. The van der Waals surface area contributed by atoms with Gasteiger partial charge in [-0.15, -0.1) is 19.7 Å². The highest BCUT2D eigenvalue weighted by Gasteiger charge is 2.26. The van der Waals surface area contributed by atoms with Crippen LogP contribution in [-0.2, 0) is 0 Å². The van der Waals surface area contributed by atoms with E-state index in [0.29, 0.717) is 0 Å². The van der Waals surface area contributed by atoms with E-state index in [4.69, 9.17) is 0 Å². The van der Waals surface area contributed by atoms with E-state index in [9.17, 15) is 0 Å². The van der Waals surface area contributed by atoms with Crippen LogP contribution in [0.4, 0.5) is 0 Å². The molecule has 1 saturated carbocycles. The van der Waals surface area contributed by atoms with Crippen LogP contribution in [0.15, 0.2) is 74.3 Å². The number of hydrogen-bond acceptors (Lipinski definition) is 1. The summed E-state index contributed by atoms with van der Waals surface area (Å²) in [6.45, 7) is 18.9. The molecular weight excluding hydrogens is 398 g/mol. The van der Waals surface area contributed by atoms with Gasteiger partial charge in [0.2, 0.25) is 0 Å². The fraction of sp³-hybridized carbons (Fsp3) is 0.562. The van der Waals surface area contributed by atoms with E-state index in [2.05, 4.69) is 102 Å². The largest absolute Gasteiger partial charge is 0.333 e. The lowest BCUT2D eigenvalue weighted by Gasteiger charge is -2.34. The lowest BCUT2D eigenvalue weighted by Crippen LogP contribution is -2.24. The molecule has 2 unspecified atom stereocenters. The monoisotopic (exact) mass is 453 g/mol. The molecular formula is C32H55N. The topological polar surface area (TPSA) is 26.0 Å². The van der Waals surface area contributed by atoms with Gasteiger partial charge >= 0.3 is 0 Å². The SMILES string of the molecule is C=C.C=CCCCC.CCCCC1CCCCC1C(C)C.CN.c1ccc2ccccc2c1. The molecule has 1 heteroatoms. The Morgan fingerprint density at radius 1 is 0.848 bits per heavy atom. The summed E-state index contributed by atoms with van der Waals surface area (Å²) in [5.41, 5.74) is 4.50. The van der Waals surface area contributed by atoms with Crippen LogP contribution in [0.5, 0.6) is 0 Å². The standard InChI is InChI=1S/C13H26.C10H8.C6H12.C2H4.CH5N/c1-4-5-8-12-9-6-7-10-13(12)11(2)3;1-2-6-10-8-4-3-7-9(10)5-1;1-3-5-6-4-2;2*1-2/h11-13H,4-10H2,1-3H3;1-8H;3H,1,4-6H2,2H3;1-2H2;2H2,1H3. The minimum atomic E-state index is 0.919. The van der Waals surface area contributed by atoms with Crippen LogP contribution in [0.2, 0.25) is 0 Å². The van der Waals surface area contributed by atoms with Gasteiger partial charge in [0.05, 0.1) is 0 Å². The molecule has 1 fully saturated rings. The zero-order valence-electron chi connectivity index (χ0n) is 22.7. The van der Waals surface area contributed by atoms with Gasteiger partial charge in [0.25, 0.3) is 0 Å². The van der Waals surface area contributed by atoms with Crippen molar-refractivity contribution in [3.05, 3.63) is 74.3 Å². The van der Waals surface area contributed by atoms with Crippen molar-refractivity contribution in [1.82, 2.24) is 0 Å². The summed E-state index contributed by atoms with van der Waals surface area (Å²) >= 11 is 0. The maximum Gasteiger partial charge on any atom is -0.0184 e. The molecule has 1 aliphatic carbocycles. The molecule has 2 aromatic rings. The van der Waals surface area contributed by atoms with Crippen LogP contribution < -0.4 is 5.73 Å². The zero-order valence-corrected chi connectivity index (χ0v) is 22.7. The summed E-state index contributed by atoms with van der Waals surface area (Å²) in [6, 6.07) is 16.7. The van der Waals surface area contributed by atoms with Gasteiger partial charge < -0.3 is 5.73 Å². The van der Waals surface area contributed by atoms with Crippen molar-refractivity contribution in [2.45, 2.75) is 91.9 Å². The minimum absolute atomic E-state index is 0.919. The lowest BCUT2D eigenvalue weighted by atomic mass is 9.72. The molecule has 0 bridgehead atoms. The first-order valence-electron chi connectivity index (χ1n) is 13.3. The normalized spacial score (nSPS) is 16.5. The average Bonchev–Trinajstić information content (AvgIpc) is 2.89. The molecule has 0 saturated heterocycles. The Morgan fingerprint density at radius 3 is 1.67 bits per heavy atom. The molecule has 1 nitrogen and oxygen atoms in total. The summed E-state index contributed by atoms with van der Waals surface area (Å²) in [6.07, 6.45) is 16.1. The molecule has 2 N–H and O–H groups in total. The van der Waals surface area contributed by atoms with Gasteiger partial charge in [0.15, 0.2) is 0 Å². The van der Waals surface area contributed by atoms with Crippen LogP contribution >= 0.6 is 0 Å². The quantitative estimate of drug-likeness (QED) is 0.327. The highest BCUT2D eigenvalue weighted by molar-refractivity contribution is 5.81. The number of rotatable bonds is 7. The Hall–Kier alpha value is -1.86. The van der Waals surface area contributed by atoms with Crippen molar-refractivity contribution in [3.63, 3.8) is 0 Å². The number of nitrogens with two attached hydrogens (primary N) is 1. The van der Waals surface area contributed by atoms with E-state index in [-0.39, 0.29) is 0 Å². The molecule has 188 valence electrons. The maximum atomic E-state index is 4.50. The van der Waals surface area contributed by atoms with E-state index in [1.54, 1.807) is 0 Å². The first-order chi connectivity index (χ1) is 16.1. The Kier molecular flexibility index (Phi) is 25.0. The van der Waals surface area contributed by atoms with Crippen LogP contribution in [0.3, 0.4) is 0 Å². The number of hydrogen-bond donors (Lipinski definition) is 1. The third-order valence-corrected chi connectivity index (χ3v) is 6.17. The second kappa shape index (κ2) is 24.8. The van der Waals surface area contributed by atoms with Gasteiger partial charge in [-0.3, -0.25) is 0 Å². The van der Waals surface area contributed by atoms with Crippen molar-refractivity contribution in [3.8, 4) is 0 Å². The molecule has 3 rings (SSSR count). The van der Waals surface area contributed by atoms with E-state index < -0.39 is 0 Å². The molecule has 0 aromatic heterocycles. The molecule has 0 heterocycles. The summed E-state index contributed by atoms with van der Waals surface area (Å²) in [7, 11) is 1.50. The number of allylic oxidation sites excluding steroid dienone is 1. The van der Waals surface area contributed by atoms with Crippen LogP contribution in [0, 0.1) is 17.8 Å². The highest BCUT2D eigenvalue weighted by atomic mass is 14.4. The second-order valence-electron chi connectivity index (χ2n) is 8.87. The third kappa shape index (κ3) is 16.4. The molecule has 0 spiro atoms. The predicted octanol–water partition coefficient (Wildman–Crippen LogP) is 10.2. The number of unbranched alkanes of at least 4 members (excludes halogenated alkanes) is 3. The Balaban J connectivity index is 0. The molecule has 1 aliphatic rings. The van der Waals surface area contributed by atoms with Crippen LogP contribution in [0.1, 0.15) is 91.9 Å². The second-order valence-corrected chi connectivity index (χ2v) is 8.87. The van der Waals surface area contributed by atoms with Gasteiger partial charge in [-0.1, -0.05) is 134 Å². The maximum absolute atomic E-state index is 4.50. The lowest BCUT2D eigenvalue weighted by molar-refractivity contribution is 0.168. The molecule has 0 amide bonds. The average molecular weight is 454 g/mol. The first kappa shape index (κ1) is 33.3. The van der Waals surface area contributed by atoms with E-state index in [0.717, 1.165) is 17.8 Å². The van der Waals surface area contributed by atoms with Gasteiger partial charge in [-0.05, 0) is 48.4 Å². The van der Waals surface area contributed by atoms with E-state index in [1.807, 2.05) is 6.08 Å². The molecule has 2 atom stereocenters. The third-order valence-electron chi connectivity index (χ3n) is 6.17. The number of fused-ring (bicyclic) bond motifs is 1. The van der Waals surface area contributed by atoms with Crippen molar-refractivity contribution < 1.29 is 0 Å². The minimum Gasteiger partial charge on any atom is -0.333 e. The van der Waals surface area contributed by atoms with E-state index >= 15 is 0 Å². The Morgan fingerprint density at radius 2 is 1.30 bits per heavy atom. The van der Waals surface area contributed by atoms with Crippen molar-refractivity contribution in [2.75, 3.05) is 7.05 Å². The Bertz CT molecular complexity index is 595. The van der Waals surface area contributed by atoms with Gasteiger partial charge in [-0.2, -0.15) is 0 Å². The molecule has 0 radical (unpaired) electrons. The fourth-order valence-corrected chi connectivity index (χ4v) is 4.42. The van der Waals surface area contributed by atoms with Crippen LogP contribution in [-0.4, -0.2) is 7.05 Å². The summed E-state index contributed by atoms with van der Waals surface area (Å²) in [4.78, 5) is 0. The van der Waals surface area contributed by atoms with Crippen molar-refractivity contribution in [2.24, 2.45) is 23.5 Å². The number of benzene rings is 2. The van der Waals surface area contributed by atoms with Crippen LogP contribution in [0.25, 0.3) is 10.8 Å². The molecule has 0 aliphatic heterocycles. The van der Waals surface area contributed by atoms with Crippen molar-refractivity contribution >= 4 is 10.8 Å². The fourth-order valence-electron chi connectivity index (χ4n) is 4.42. The zero-order chi connectivity index (χ0) is 25.3.